The van der Waals surface area contributed by atoms with Crippen molar-refractivity contribution in [2.45, 2.75) is 13.8 Å². The number of carbonyl (C=O) groups is 1. The van der Waals surface area contributed by atoms with Gasteiger partial charge in [0.05, 0.1) is 11.6 Å². The molecule has 2 aromatic carbocycles. The quantitative estimate of drug-likeness (QED) is 0.522. The van der Waals surface area contributed by atoms with Crippen LogP contribution in [0.1, 0.15) is 16.7 Å². The minimum absolute atomic E-state index is 0.0622. The van der Waals surface area contributed by atoms with Crippen molar-refractivity contribution < 1.29 is 4.79 Å². The molecule has 0 bridgehead atoms. The van der Waals surface area contributed by atoms with Crippen molar-refractivity contribution in [3.63, 3.8) is 0 Å². The fraction of sp³-hybridized carbons (Fsp3) is 0.158. The zero-order chi connectivity index (χ0) is 18.0. The number of halogens is 1. The third kappa shape index (κ3) is 4.32. The number of hydrogen-bond acceptors (Lipinski definition) is 4. The minimum Gasteiger partial charge on any atom is -0.367 e. The van der Waals surface area contributed by atoms with Crippen LogP contribution in [0.5, 0.6) is 0 Å². The van der Waals surface area contributed by atoms with Crippen LogP contribution in [0.2, 0.25) is 0 Å². The summed E-state index contributed by atoms with van der Waals surface area (Å²) in [6, 6.07) is 14.0. The van der Waals surface area contributed by atoms with E-state index in [1.807, 2.05) is 44.2 Å². The third-order valence-corrected chi connectivity index (χ3v) is 5.71. The smallest absolute Gasteiger partial charge is 0.267 e. The molecule has 6 heteroatoms. The van der Waals surface area contributed by atoms with Gasteiger partial charge in [-0.25, -0.2) is 0 Å². The zero-order valence-corrected chi connectivity index (χ0v) is 17.1. The van der Waals surface area contributed by atoms with Gasteiger partial charge < -0.3 is 5.32 Å². The van der Waals surface area contributed by atoms with Gasteiger partial charge in [-0.15, -0.1) is 0 Å². The van der Waals surface area contributed by atoms with Crippen molar-refractivity contribution >= 4 is 61.9 Å². The molecule has 1 saturated heterocycles. The lowest BCUT2D eigenvalue weighted by atomic mass is 10.1. The minimum atomic E-state index is -0.0622. The van der Waals surface area contributed by atoms with Crippen molar-refractivity contribution in [1.82, 2.24) is 4.90 Å². The van der Waals surface area contributed by atoms with Crippen LogP contribution in [0.25, 0.3) is 6.08 Å². The normalized spacial score (nSPS) is 16.0. The van der Waals surface area contributed by atoms with E-state index in [9.17, 15) is 4.79 Å². The Bertz CT molecular complexity index is 879. The van der Waals surface area contributed by atoms with E-state index in [2.05, 4.69) is 39.4 Å². The van der Waals surface area contributed by atoms with Crippen molar-refractivity contribution in [2.24, 2.45) is 0 Å². The van der Waals surface area contributed by atoms with E-state index in [1.54, 1.807) is 4.90 Å². The second-order valence-corrected chi connectivity index (χ2v) is 8.41. The molecule has 0 aliphatic carbocycles. The number of benzene rings is 2. The highest BCUT2D eigenvalue weighted by Gasteiger charge is 2.31. The Morgan fingerprint density at radius 3 is 2.80 bits per heavy atom. The van der Waals surface area contributed by atoms with Crippen molar-refractivity contribution in [1.29, 1.82) is 0 Å². The van der Waals surface area contributed by atoms with Crippen LogP contribution in [-0.2, 0) is 4.79 Å². The predicted molar refractivity (Wildman–Crippen MR) is 114 cm³/mol. The molecule has 1 fully saturated rings. The van der Waals surface area contributed by atoms with E-state index in [0.717, 1.165) is 21.3 Å². The first-order chi connectivity index (χ1) is 11.9. The molecule has 1 aliphatic heterocycles. The Labute approximate surface area is 165 Å². The number of thioether (sulfide) groups is 1. The summed E-state index contributed by atoms with van der Waals surface area (Å²) in [4.78, 5) is 14.9. The summed E-state index contributed by atoms with van der Waals surface area (Å²) in [5.41, 5.74) is 4.30. The summed E-state index contributed by atoms with van der Waals surface area (Å²) in [7, 11) is 0. The molecule has 128 valence electrons. The largest absolute Gasteiger partial charge is 0.367 e. The molecule has 3 rings (SSSR count). The summed E-state index contributed by atoms with van der Waals surface area (Å²) < 4.78 is 1.55. The van der Waals surface area contributed by atoms with Crippen molar-refractivity contribution in [2.75, 3.05) is 12.0 Å². The lowest BCUT2D eigenvalue weighted by Crippen LogP contribution is -2.33. The number of anilines is 1. The van der Waals surface area contributed by atoms with Crippen LogP contribution in [0.4, 0.5) is 5.69 Å². The number of rotatable bonds is 4. The van der Waals surface area contributed by atoms with Gasteiger partial charge in [0.25, 0.3) is 5.91 Å². The summed E-state index contributed by atoms with van der Waals surface area (Å²) in [6.07, 6.45) is 1.88. The Kier molecular flexibility index (Phi) is 5.61. The van der Waals surface area contributed by atoms with Crippen LogP contribution in [-0.4, -0.2) is 21.8 Å². The maximum absolute atomic E-state index is 12.7. The van der Waals surface area contributed by atoms with Gasteiger partial charge in [0.15, 0.2) is 0 Å². The molecular weight excluding hydrogens is 416 g/mol. The van der Waals surface area contributed by atoms with Crippen LogP contribution in [0, 0.1) is 13.8 Å². The number of carbonyl (C=O) groups excluding carboxylic acids is 1. The fourth-order valence-electron chi connectivity index (χ4n) is 2.47. The van der Waals surface area contributed by atoms with Crippen LogP contribution in [0.3, 0.4) is 0 Å². The first-order valence-electron chi connectivity index (χ1n) is 7.76. The molecule has 3 nitrogen and oxygen atoms in total. The van der Waals surface area contributed by atoms with Crippen molar-refractivity contribution in [3.8, 4) is 0 Å². The standard InChI is InChI=1S/C19H17BrN2OS2/c1-12-6-7-13(2)16(8-12)21-11-22-18(23)17(25-19(22)24)10-14-4-3-5-15(20)9-14/h3-10,21H,11H2,1-2H3/b17-10+. The molecule has 0 atom stereocenters. The van der Waals surface area contributed by atoms with Crippen molar-refractivity contribution in [3.05, 3.63) is 68.5 Å². The van der Waals surface area contributed by atoms with Crippen LogP contribution >= 0.6 is 39.9 Å². The highest BCUT2D eigenvalue weighted by Crippen LogP contribution is 2.33. The first kappa shape index (κ1) is 18.2. The second-order valence-electron chi connectivity index (χ2n) is 5.82. The maximum atomic E-state index is 12.7. The van der Waals surface area contributed by atoms with Crippen LogP contribution < -0.4 is 5.32 Å². The predicted octanol–water partition coefficient (Wildman–Crippen LogP) is 5.34. The number of nitrogens with zero attached hydrogens (tertiary/aromatic N) is 1. The van der Waals surface area contributed by atoms with E-state index in [0.29, 0.717) is 15.9 Å². The molecule has 0 saturated carbocycles. The summed E-state index contributed by atoms with van der Waals surface area (Å²) in [5, 5.41) is 3.32. The lowest BCUT2D eigenvalue weighted by molar-refractivity contribution is -0.121. The maximum Gasteiger partial charge on any atom is 0.267 e. The molecule has 1 heterocycles. The number of amides is 1. The molecule has 0 radical (unpaired) electrons. The summed E-state index contributed by atoms with van der Waals surface area (Å²) >= 11 is 10.2. The molecule has 1 aliphatic rings. The molecule has 0 aromatic heterocycles. The Balaban J connectivity index is 1.74. The number of aryl methyl sites for hydroxylation is 2. The third-order valence-electron chi connectivity index (χ3n) is 3.84. The fourth-order valence-corrected chi connectivity index (χ4v) is 4.15. The Morgan fingerprint density at radius 2 is 2.04 bits per heavy atom. The van der Waals surface area contributed by atoms with E-state index in [-0.39, 0.29) is 5.91 Å². The molecule has 1 N–H and O–H groups in total. The topological polar surface area (TPSA) is 32.3 Å². The monoisotopic (exact) mass is 432 g/mol. The van der Waals surface area contributed by atoms with E-state index < -0.39 is 0 Å². The van der Waals surface area contributed by atoms with Gasteiger partial charge >= 0.3 is 0 Å². The molecule has 1 amide bonds. The lowest BCUT2D eigenvalue weighted by Gasteiger charge is -2.17. The highest BCUT2D eigenvalue weighted by atomic mass is 79.9. The van der Waals surface area contributed by atoms with Gasteiger partial charge in [-0.2, -0.15) is 0 Å². The molecule has 25 heavy (non-hydrogen) atoms. The average Bonchev–Trinajstić information content (AvgIpc) is 2.82. The Hall–Kier alpha value is -1.63. The second kappa shape index (κ2) is 7.72. The highest BCUT2D eigenvalue weighted by molar-refractivity contribution is 9.10. The van der Waals surface area contributed by atoms with E-state index in [4.69, 9.17) is 12.2 Å². The van der Waals surface area contributed by atoms with E-state index in [1.165, 1.54) is 17.3 Å². The Morgan fingerprint density at radius 1 is 1.24 bits per heavy atom. The van der Waals surface area contributed by atoms with Crippen LogP contribution in [0.15, 0.2) is 51.8 Å². The first-order valence-corrected chi connectivity index (χ1v) is 9.78. The molecule has 2 aromatic rings. The average molecular weight is 433 g/mol. The number of thiocarbonyl (C=S) groups is 1. The number of nitrogens with one attached hydrogen (secondary N) is 1. The van der Waals surface area contributed by atoms with Gasteiger partial charge in [0.1, 0.15) is 4.32 Å². The molecule has 0 unspecified atom stereocenters. The van der Waals surface area contributed by atoms with Gasteiger partial charge in [-0.05, 0) is 54.8 Å². The summed E-state index contributed by atoms with van der Waals surface area (Å²) in [6.45, 7) is 4.45. The molecular formula is C19H17BrN2OS2. The molecule has 0 spiro atoms. The zero-order valence-electron chi connectivity index (χ0n) is 13.9. The van der Waals surface area contributed by atoms with Gasteiger partial charge in [-0.1, -0.05) is 64.2 Å². The van der Waals surface area contributed by atoms with Gasteiger partial charge in [0, 0.05) is 10.2 Å². The SMILES string of the molecule is Cc1ccc(C)c(NCN2C(=O)/C(=C\c3cccc(Br)c3)SC2=S)c1. The number of hydrogen-bond donors (Lipinski definition) is 1. The van der Waals surface area contributed by atoms with Gasteiger partial charge in [-0.3, -0.25) is 9.69 Å². The van der Waals surface area contributed by atoms with E-state index >= 15 is 0 Å². The van der Waals surface area contributed by atoms with Gasteiger partial charge in [0.2, 0.25) is 0 Å². The summed E-state index contributed by atoms with van der Waals surface area (Å²) in [5.74, 6) is -0.0622.